The number of esters is 1. The molecule has 0 radical (unpaired) electrons. The van der Waals surface area contributed by atoms with E-state index in [1.807, 2.05) is 36.4 Å². The van der Waals surface area contributed by atoms with Gasteiger partial charge in [0.05, 0.1) is 5.92 Å². The first-order valence-corrected chi connectivity index (χ1v) is 12.3. The molecule has 0 bridgehead atoms. The van der Waals surface area contributed by atoms with E-state index in [-0.39, 0.29) is 35.6 Å². The van der Waals surface area contributed by atoms with Crippen molar-refractivity contribution in [2.45, 2.75) is 64.9 Å². The normalized spacial score (nSPS) is 27.3. The van der Waals surface area contributed by atoms with Gasteiger partial charge in [-0.25, -0.2) is 0 Å². The molecule has 0 spiro atoms. The maximum atomic E-state index is 13.2. The monoisotopic (exact) mass is 432 g/mol. The third-order valence-electron chi connectivity index (χ3n) is 7.54. The van der Waals surface area contributed by atoms with Gasteiger partial charge in [0.15, 0.2) is 0 Å². The highest BCUT2D eigenvalue weighted by atomic mass is 16.5. The zero-order chi connectivity index (χ0) is 22.7. The number of benzene rings is 2. The third kappa shape index (κ3) is 5.31. The number of rotatable bonds is 8. The van der Waals surface area contributed by atoms with E-state index in [2.05, 4.69) is 45.0 Å². The van der Waals surface area contributed by atoms with Crippen LogP contribution < -0.4 is 0 Å². The first kappa shape index (κ1) is 22.8. The highest BCUT2D eigenvalue weighted by molar-refractivity contribution is 5.92. The molecule has 0 amide bonds. The zero-order valence-corrected chi connectivity index (χ0v) is 19.6. The fraction of sp³-hybridized carbons (Fsp3) is 0.517. The molecule has 3 nitrogen and oxygen atoms in total. The summed E-state index contributed by atoms with van der Waals surface area (Å²) in [6, 6.07) is 20.4. The maximum Gasteiger partial charge on any atom is 0.309 e. The number of ketones is 1. The summed E-state index contributed by atoms with van der Waals surface area (Å²) in [5, 5.41) is 0. The van der Waals surface area contributed by atoms with Crippen molar-refractivity contribution in [2.75, 3.05) is 0 Å². The molecule has 0 aromatic heterocycles. The Morgan fingerprint density at radius 1 is 0.875 bits per heavy atom. The van der Waals surface area contributed by atoms with Crippen LogP contribution in [0, 0.1) is 29.6 Å². The Balaban J connectivity index is 1.39. The Hall–Kier alpha value is -2.42. The van der Waals surface area contributed by atoms with Crippen LogP contribution in [0.4, 0.5) is 0 Å². The molecule has 0 saturated heterocycles. The highest BCUT2D eigenvalue weighted by Crippen LogP contribution is 2.44. The molecule has 0 N–H and O–H groups in total. The molecular formula is C29H36O3. The lowest BCUT2D eigenvalue weighted by Crippen LogP contribution is -2.36. The SMILES string of the molecule is CC(C)[C@@H]1CC[C@@H](C)C[C@H]1OC(=O)[C@H]1C[C@@H]1C(=O)CC(c1ccccc1)c1ccccc1. The summed E-state index contributed by atoms with van der Waals surface area (Å²) in [4.78, 5) is 26.1. The second kappa shape index (κ2) is 10.0. The van der Waals surface area contributed by atoms with Crippen LogP contribution in [0.1, 0.15) is 69.9 Å². The molecule has 32 heavy (non-hydrogen) atoms. The molecule has 2 aliphatic rings. The lowest BCUT2D eigenvalue weighted by molar-refractivity contribution is -0.158. The van der Waals surface area contributed by atoms with E-state index >= 15 is 0 Å². The van der Waals surface area contributed by atoms with Crippen LogP contribution in [0.3, 0.4) is 0 Å². The van der Waals surface area contributed by atoms with E-state index in [0.717, 1.165) is 24.0 Å². The predicted molar refractivity (Wildman–Crippen MR) is 127 cm³/mol. The van der Waals surface area contributed by atoms with E-state index in [9.17, 15) is 9.59 Å². The molecule has 0 aliphatic heterocycles. The van der Waals surface area contributed by atoms with E-state index in [1.54, 1.807) is 0 Å². The Morgan fingerprint density at radius 3 is 2.03 bits per heavy atom. The number of hydrogen-bond donors (Lipinski definition) is 0. The molecule has 0 unspecified atom stereocenters. The lowest BCUT2D eigenvalue weighted by atomic mass is 9.75. The Morgan fingerprint density at radius 2 is 1.47 bits per heavy atom. The number of Topliss-reactive ketones (excluding diaryl/α,β-unsaturated/α-hetero) is 1. The van der Waals surface area contributed by atoms with E-state index < -0.39 is 0 Å². The minimum atomic E-state index is -0.250. The first-order valence-electron chi connectivity index (χ1n) is 12.3. The van der Waals surface area contributed by atoms with Gasteiger partial charge in [0, 0.05) is 18.3 Å². The van der Waals surface area contributed by atoms with Gasteiger partial charge in [0.25, 0.3) is 0 Å². The highest BCUT2D eigenvalue weighted by Gasteiger charge is 2.50. The summed E-state index contributed by atoms with van der Waals surface area (Å²) in [7, 11) is 0. The number of hydrogen-bond acceptors (Lipinski definition) is 3. The van der Waals surface area contributed by atoms with Gasteiger partial charge in [-0.15, -0.1) is 0 Å². The topological polar surface area (TPSA) is 43.4 Å². The quantitative estimate of drug-likeness (QED) is 0.452. The number of ether oxygens (including phenoxy) is 1. The molecule has 5 atom stereocenters. The Bertz CT molecular complexity index is 865. The van der Waals surface area contributed by atoms with Crippen LogP contribution in [0.25, 0.3) is 0 Å². The van der Waals surface area contributed by atoms with Crippen molar-refractivity contribution >= 4 is 11.8 Å². The Kier molecular flexibility index (Phi) is 7.13. The minimum absolute atomic E-state index is 0.00369. The molecule has 170 valence electrons. The fourth-order valence-corrected chi connectivity index (χ4v) is 5.45. The maximum absolute atomic E-state index is 13.2. The molecule has 2 fully saturated rings. The van der Waals surface area contributed by atoms with Gasteiger partial charge in [-0.3, -0.25) is 9.59 Å². The molecule has 2 aromatic carbocycles. The third-order valence-corrected chi connectivity index (χ3v) is 7.54. The molecule has 4 rings (SSSR count). The van der Waals surface area contributed by atoms with Crippen molar-refractivity contribution in [3.05, 3.63) is 71.8 Å². The second-order valence-corrected chi connectivity index (χ2v) is 10.3. The molecule has 2 aliphatic carbocycles. The lowest BCUT2D eigenvalue weighted by Gasteiger charge is -2.36. The summed E-state index contributed by atoms with van der Waals surface area (Å²) in [6.07, 6.45) is 4.36. The predicted octanol–water partition coefficient (Wildman–Crippen LogP) is 6.42. The van der Waals surface area contributed by atoms with Crippen LogP contribution in [-0.4, -0.2) is 17.9 Å². The van der Waals surface area contributed by atoms with E-state index in [1.165, 1.54) is 6.42 Å². The van der Waals surface area contributed by atoms with Crippen LogP contribution in [0.5, 0.6) is 0 Å². The smallest absolute Gasteiger partial charge is 0.309 e. The number of carbonyl (C=O) groups is 2. The second-order valence-electron chi connectivity index (χ2n) is 10.3. The van der Waals surface area contributed by atoms with Gasteiger partial charge in [0.1, 0.15) is 11.9 Å². The van der Waals surface area contributed by atoms with Crippen LogP contribution in [0.2, 0.25) is 0 Å². The van der Waals surface area contributed by atoms with Gasteiger partial charge >= 0.3 is 5.97 Å². The summed E-state index contributed by atoms with van der Waals surface area (Å²) < 4.78 is 6.02. The molecule has 3 heteroatoms. The largest absolute Gasteiger partial charge is 0.462 e. The first-order chi connectivity index (χ1) is 15.4. The molecular weight excluding hydrogens is 396 g/mol. The molecule has 0 heterocycles. The minimum Gasteiger partial charge on any atom is -0.462 e. The molecule has 2 saturated carbocycles. The van der Waals surface area contributed by atoms with Crippen LogP contribution in [0.15, 0.2) is 60.7 Å². The summed E-state index contributed by atoms with van der Waals surface area (Å²) in [6.45, 7) is 6.69. The summed E-state index contributed by atoms with van der Waals surface area (Å²) in [5.74, 6) is 1.16. The van der Waals surface area contributed by atoms with E-state index in [4.69, 9.17) is 4.74 Å². The summed E-state index contributed by atoms with van der Waals surface area (Å²) >= 11 is 0. The Labute approximate surface area is 192 Å². The van der Waals surface area contributed by atoms with Gasteiger partial charge in [-0.1, -0.05) is 87.9 Å². The fourth-order valence-electron chi connectivity index (χ4n) is 5.45. The van der Waals surface area contributed by atoms with Gasteiger partial charge in [0.2, 0.25) is 0 Å². The van der Waals surface area contributed by atoms with Crippen LogP contribution >= 0.6 is 0 Å². The van der Waals surface area contributed by atoms with Gasteiger partial charge in [-0.2, -0.15) is 0 Å². The van der Waals surface area contributed by atoms with Crippen molar-refractivity contribution in [2.24, 2.45) is 29.6 Å². The van der Waals surface area contributed by atoms with Crippen molar-refractivity contribution in [1.29, 1.82) is 0 Å². The van der Waals surface area contributed by atoms with Gasteiger partial charge < -0.3 is 4.74 Å². The van der Waals surface area contributed by atoms with E-state index in [0.29, 0.717) is 30.6 Å². The standard InChI is InChI=1S/C29H36O3/c1-19(2)23-15-14-20(3)16-28(23)32-29(31)26-17-25(26)27(30)18-24(21-10-6-4-7-11-21)22-12-8-5-9-13-22/h4-13,19-20,23-26,28H,14-18H2,1-3H3/t20-,23+,25+,26+,28-/m1/s1. The number of carbonyl (C=O) groups excluding carboxylic acids is 2. The van der Waals surface area contributed by atoms with Crippen molar-refractivity contribution in [3.8, 4) is 0 Å². The summed E-state index contributed by atoms with van der Waals surface area (Å²) in [5.41, 5.74) is 2.28. The van der Waals surface area contributed by atoms with Crippen molar-refractivity contribution in [3.63, 3.8) is 0 Å². The average molecular weight is 433 g/mol. The van der Waals surface area contributed by atoms with Gasteiger partial charge in [-0.05, 0) is 48.1 Å². The van der Waals surface area contributed by atoms with Crippen molar-refractivity contribution in [1.82, 2.24) is 0 Å². The van der Waals surface area contributed by atoms with Crippen molar-refractivity contribution < 1.29 is 14.3 Å². The van der Waals surface area contributed by atoms with Crippen LogP contribution in [-0.2, 0) is 14.3 Å². The average Bonchev–Trinajstić information content (AvgIpc) is 3.60. The molecule has 2 aromatic rings. The zero-order valence-electron chi connectivity index (χ0n) is 19.6.